The number of anilines is 1. The number of amides is 1. The van der Waals surface area contributed by atoms with E-state index in [1.807, 2.05) is 0 Å². The van der Waals surface area contributed by atoms with Crippen molar-refractivity contribution in [1.82, 2.24) is 13.7 Å². The van der Waals surface area contributed by atoms with E-state index in [0.29, 0.717) is 21.6 Å². The minimum atomic E-state index is -0.922. The van der Waals surface area contributed by atoms with Crippen molar-refractivity contribution in [3.63, 3.8) is 0 Å². The van der Waals surface area contributed by atoms with E-state index in [0.717, 1.165) is 38.8 Å². The Morgan fingerprint density at radius 3 is 2.12 bits per heavy atom. The van der Waals surface area contributed by atoms with E-state index in [9.17, 15) is 24.0 Å². The lowest BCUT2D eigenvalue weighted by atomic mass is 9.95. The van der Waals surface area contributed by atoms with E-state index in [4.69, 9.17) is 4.74 Å². The maximum Gasteiger partial charge on any atom is 0.341 e. The highest BCUT2D eigenvalue weighted by Gasteiger charge is 2.27. The van der Waals surface area contributed by atoms with Crippen LogP contribution in [0.25, 0.3) is 0 Å². The number of aryl methyl sites for hydroxylation is 1. The Morgan fingerprint density at radius 2 is 1.56 bits per heavy atom. The predicted molar refractivity (Wildman–Crippen MR) is 121 cm³/mol. The molecule has 10 nitrogen and oxygen atoms in total. The molecule has 1 N–H and O–H groups in total. The topological polar surface area (TPSA) is 121 Å². The SMILES string of the molecule is C=CCn1c(=O)n(CC=C)c(=O)n(CC(=O)Nc2sc3c(c2C(=O)OC)CCCC3)c1=O. The summed E-state index contributed by atoms with van der Waals surface area (Å²) in [5, 5.41) is 2.97. The Bertz CT molecular complexity index is 1210. The molecule has 0 saturated heterocycles. The van der Waals surface area contributed by atoms with Crippen molar-refractivity contribution in [2.75, 3.05) is 12.4 Å². The summed E-state index contributed by atoms with van der Waals surface area (Å²) >= 11 is 1.29. The Morgan fingerprint density at radius 1 is 1.00 bits per heavy atom. The molecule has 0 unspecified atom stereocenters. The maximum absolute atomic E-state index is 12.8. The number of nitrogens with zero attached hydrogens (tertiary/aromatic N) is 3. The van der Waals surface area contributed by atoms with Crippen LogP contribution in [-0.4, -0.2) is 32.7 Å². The number of hydrogen-bond acceptors (Lipinski definition) is 7. The molecule has 1 aliphatic carbocycles. The molecule has 11 heteroatoms. The van der Waals surface area contributed by atoms with Crippen LogP contribution in [0.2, 0.25) is 0 Å². The van der Waals surface area contributed by atoms with Gasteiger partial charge in [0.1, 0.15) is 11.5 Å². The largest absolute Gasteiger partial charge is 0.465 e. The minimum absolute atomic E-state index is 0.124. The lowest BCUT2D eigenvalue weighted by Crippen LogP contribution is -2.55. The number of esters is 1. The number of methoxy groups -OCH3 is 1. The second-order valence-electron chi connectivity index (χ2n) is 7.19. The van der Waals surface area contributed by atoms with Gasteiger partial charge in [-0.3, -0.25) is 4.79 Å². The Hall–Kier alpha value is -3.47. The average molecular weight is 461 g/mol. The fourth-order valence-electron chi connectivity index (χ4n) is 3.67. The molecule has 0 aliphatic heterocycles. The molecule has 0 aromatic carbocycles. The molecule has 2 aromatic rings. The lowest BCUT2D eigenvalue weighted by Gasteiger charge is -2.13. The smallest absolute Gasteiger partial charge is 0.341 e. The van der Waals surface area contributed by atoms with Crippen LogP contribution in [0.15, 0.2) is 39.7 Å². The normalized spacial score (nSPS) is 12.7. The van der Waals surface area contributed by atoms with Crippen LogP contribution >= 0.6 is 11.3 Å². The lowest BCUT2D eigenvalue weighted by molar-refractivity contribution is -0.116. The average Bonchev–Trinajstić information content (AvgIpc) is 3.14. The Labute approximate surface area is 187 Å². The minimum Gasteiger partial charge on any atom is -0.465 e. The summed E-state index contributed by atoms with van der Waals surface area (Å²) in [6.07, 6.45) is 6.13. The van der Waals surface area contributed by atoms with Crippen molar-refractivity contribution >= 4 is 28.2 Å². The summed E-state index contributed by atoms with van der Waals surface area (Å²) in [6.45, 7) is 6.15. The molecule has 0 bridgehead atoms. The van der Waals surface area contributed by atoms with E-state index in [1.54, 1.807) is 0 Å². The molecule has 3 rings (SSSR count). The van der Waals surface area contributed by atoms with Gasteiger partial charge in [0.05, 0.1) is 25.8 Å². The number of aromatic nitrogens is 3. The highest BCUT2D eigenvalue weighted by atomic mass is 32.1. The first-order chi connectivity index (χ1) is 15.3. The van der Waals surface area contributed by atoms with Crippen LogP contribution in [0.5, 0.6) is 0 Å². The molecule has 2 aromatic heterocycles. The highest BCUT2D eigenvalue weighted by Crippen LogP contribution is 2.38. The van der Waals surface area contributed by atoms with Crippen LogP contribution < -0.4 is 22.4 Å². The van der Waals surface area contributed by atoms with Gasteiger partial charge in [-0.05, 0) is 31.2 Å². The van der Waals surface area contributed by atoms with Crippen molar-refractivity contribution in [2.45, 2.75) is 45.3 Å². The van der Waals surface area contributed by atoms with Crippen LogP contribution in [0.3, 0.4) is 0 Å². The quantitative estimate of drug-likeness (QED) is 0.462. The molecule has 0 saturated carbocycles. The zero-order valence-electron chi connectivity index (χ0n) is 17.7. The number of hydrogen-bond donors (Lipinski definition) is 1. The first-order valence-electron chi connectivity index (χ1n) is 10.0. The number of thiophene rings is 1. The summed E-state index contributed by atoms with van der Waals surface area (Å²) in [4.78, 5) is 64.0. The summed E-state index contributed by atoms with van der Waals surface area (Å²) < 4.78 is 7.19. The van der Waals surface area contributed by atoms with E-state index >= 15 is 0 Å². The molecule has 170 valence electrons. The van der Waals surface area contributed by atoms with Gasteiger partial charge in [-0.25, -0.2) is 32.9 Å². The van der Waals surface area contributed by atoms with Gasteiger partial charge in [0.2, 0.25) is 5.91 Å². The van der Waals surface area contributed by atoms with Gasteiger partial charge in [0.15, 0.2) is 0 Å². The third kappa shape index (κ3) is 4.28. The van der Waals surface area contributed by atoms with Gasteiger partial charge >= 0.3 is 23.0 Å². The fourth-order valence-corrected chi connectivity index (χ4v) is 4.96. The Kier molecular flexibility index (Phi) is 7.08. The van der Waals surface area contributed by atoms with Crippen molar-refractivity contribution in [3.8, 4) is 0 Å². The van der Waals surface area contributed by atoms with Crippen LogP contribution in [-0.2, 0) is 42.0 Å². The Balaban J connectivity index is 1.99. The van der Waals surface area contributed by atoms with Crippen molar-refractivity contribution < 1.29 is 14.3 Å². The van der Waals surface area contributed by atoms with Crippen molar-refractivity contribution in [3.05, 3.63) is 72.8 Å². The number of nitrogens with one attached hydrogen (secondary N) is 1. The zero-order chi connectivity index (χ0) is 23.4. The number of carbonyl (C=O) groups is 2. The van der Waals surface area contributed by atoms with Gasteiger partial charge in [0, 0.05) is 4.88 Å². The molecule has 0 spiro atoms. The van der Waals surface area contributed by atoms with Crippen molar-refractivity contribution in [1.29, 1.82) is 0 Å². The summed E-state index contributed by atoms with van der Waals surface area (Å²) in [6, 6.07) is 0. The van der Waals surface area contributed by atoms with E-state index in [1.165, 1.54) is 30.6 Å². The zero-order valence-corrected chi connectivity index (χ0v) is 18.5. The van der Waals surface area contributed by atoms with Gasteiger partial charge in [-0.2, -0.15) is 0 Å². The van der Waals surface area contributed by atoms with Gasteiger partial charge in [-0.1, -0.05) is 12.2 Å². The van der Waals surface area contributed by atoms with Gasteiger partial charge in [0.25, 0.3) is 0 Å². The molecule has 0 fully saturated rings. The van der Waals surface area contributed by atoms with Crippen LogP contribution in [0, 0.1) is 0 Å². The summed E-state index contributed by atoms with van der Waals surface area (Å²) in [5.74, 6) is -1.23. The molecule has 2 heterocycles. The van der Waals surface area contributed by atoms with Crippen LogP contribution in [0.1, 0.15) is 33.6 Å². The summed E-state index contributed by atoms with van der Waals surface area (Å²) in [7, 11) is 1.27. The fraction of sp³-hybridized carbons (Fsp3) is 0.381. The summed E-state index contributed by atoms with van der Waals surface area (Å²) in [5.41, 5.74) is -1.47. The number of ether oxygens (including phenoxy) is 1. The second-order valence-corrected chi connectivity index (χ2v) is 8.29. The van der Waals surface area contributed by atoms with Gasteiger partial charge < -0.3 is 10.1 Å². The first-order valence-corrected chi connectivity index (χ1v) is 10.8. The van der Waals surface area contributed by atoms with Gasteiger partial charge in [-0.15, -0.1) is 24.5 Å². The number of fused-ring (bicyclic) bond motifs is 1. The van der Waals surface area contributed by atoms with E-state index in [2.05, 4.69) is 18.5 Å². The number of allylic oxidation sites excluding steroid dienone is 2. The number of carbonyl (C=O) groups excluding carboxylic acids is 2. The van der Waals surface area contributed by atoms with E-state index in [-0.39, 0.29) is 13.1 Å². The van der Waals surface area contributed by atoms with Crippen molar-refractivity contribution in [2.24, 2.45) is 0 Å². The maximum atomic E-state index is 12.8. The monoisotopic (exact) mass is 460 g/mol. The van der Waals surface area contributed by atoms with E-state index < -0.39 is 35.5 Å². The molecular formula is C21H24N4O6S. The molecule has 1 aliphatic rings. The third-order valence-electron chi connectivity index (χ3n) is 5.12. The third-order valence-corrected chi connectivity index (χ3v) is 6.33. The predicted octanol–water partition coefficient (Wildman–Crippen LogP) is 0.909. The molecule has 32 heavy (non-hydrogen) atoms. The first kappa shape index (κ1) is 23.2. The number of rotatable bonds is 8. The van der Waals surface area contributed by atoms with Crippen LogP contribution in [0.4, 0.5) is 5.00 Å². The molecule has 0 radical (unpaired) electrons. The molecular weight excluding hydrogens is 436 g/mol. The second kappa shape index (κ2) is 9.77. The highest BCUT2D eigenvalue weighted by molar-refractivity contribution is 7.17. The standard InChI is InChI=1S/C21H24N4O6S/c1-4-10-23-19(28)24(11-5-2)21(30)25(20(23)29)12-15(26)22-17-16(18(27)31-3)13-8-6-7-9-14(13)32-17/h4-5H,1-2,6-12H2,3H3,(H,22,26). The molecule has 1 amide bonds. The molecule has 0 atom stereocenters.